The first-order chi connectivity index (χ1) is 14.1. The molecule has 0 atom stereocenters. The van der Waals surface area contributed by atoms with Crippen molar-refractivity contribution in [3.8, 4) is 11.6 Å². The number of carbonyl (C=O) groups is 5. The first-order valence-corrected chi connectivity index (χ1v) is 8.09. The first kappa shape index (κ1) is 22.3. The highest BCUT2D eigenvalue weighted by Crippen LogP contribution is 2.35. The molecule has 0 aromatic carbocycles. The Morgan fingerprint density at radius 1 is 0.833 bits per heavy atom. The quantitative estimate of drug-likeness (QED) is 0.320. The Morgan fingerprint density at radius 2 is 1.37 bits per heavy atom. The van der Waals surface area contributed by atoms with Crippen LogP contribution in [0.3, 0.4) is 0 Å². The number of hydrogen-bond donors (Lipinski definition) is 5. The molecule has 0 bridgehead atoms. The van der Waals surface area contributed by atoms with Gasteiger partial charge in [0.2, 0.25) is 5.75 Å². The number of hydrogen-bond acceptors (Lipinski definition) is 9. The van der Waals surface area contributed by atoms with E-state index in [1.165, 1.54) is 0 Å². The van der Waals surface area contributed by atoms with Crippen LogP contribution in [0.15, 0.2) is 6.20 Å². The number of aromatic carboxylic acids is 3. The molecule has 159 valence electrons. The lowest BCUT2D eigenvalue weighted by Gasteiger charge is -2.11. The summed E-state index contributed by atoms with van der Waals surface area (Å²) in [6.07, 6.45) is -0.340. The normalized spacial score (nSPS) is 10.6. The van der Waals surface area contributed by atoms with Crippen molar-refractivity contribution < 1.29 is 59.0 Å². The van der Waals surface area contributed by atoms with Crippen molar-refractivity contribution in [1.29, 1.82) is 0 Å². The summed E-state index contributed by atoms with van der Waals surface area (Å²) in [5, 5.41) is 45.8. The van der Waals surface area contributed by atoms with E-state index >= 15 is 0 Å². The third-order valence-electron chi connectivity index (χ3n) is 3.62. The van der Waals surface area contributed by atoms with Crippen LogP contribution in [-0.4, -0.2) is 73.0 Å². The SMILES string of the molecule is O=C(CCO)Oc1[c]c2c(C(=O)O)c(C(=O)O)c(C(=O)O)cn2c1OC(=O)CCO. The summed E-state index contributed by atoms with van der Waals surface area (Å²) in [5.74, 6) is -8.90. The van der Waals surface area contributed by atoms with Gasteiger partial charge in [0.25, 0.3) is 5.88 Å². The molecule has 0 fully saturated rings. The van der Waals surface area contributed by atoms with Crippen LogP contribution >= 0.6 is 0 Å². The number of aliphatic hydroxyl groups excluding tert-OH is 2. The summed E-state index contributed by atoms with van der Waals surface area (Å²) < 4.78 is 10.5. The van der Waals surface area contributed by atoms with Gasteiger partial charge in [-0.25, -0.2) is 14.4 Å². The third-order valence-corrected chi connectivity index (χ3v) is 3.62. The molecule has 1 radical (unpaired) electrons. The van der Waals surface area contributed by atoms with Crippen molar-refractivity contribution in [2.24, 2.45) is 0 Å². The minimum atomic E-state index is -1.86. The molecule has 13 heteroatoms. The number of ether oxygens (including phenoxy) is 2. The largest absolute Gasteiger partial charge is 0.478 e. The lowest BCUT2D eigenvalue weighted by Crippen LogP contribution is -2.18. The van der Waals surface area contributed by atoms with Gasteiger partial charge in [-0.2, -0.15) is 0 Å². The van der Waals surface area contributed by atoms with Gasteiger partial charge in [0, 0.05) is 6.20 Å². The van der Waals surface area contributed by atoms with Gasteiger partial charge in [0.15, 0.2) is 0 Å². The number of carboxylic acids is 3. The van der Waals surface area contributed by atoms with Crippen LogP contribution in [0.4, 0.5) is 0 Å². The molecule has 0 aliphatic carbocycles. The van der Waals surface area contributed by atoms with Crippen molar-refractivity contribution in [2.75, 3.05) is 13.2 Å². The molecule has 0 aliphatic rings. The molecule has 0 saturated carbocycles. The first-order valence-electron chi connectivity index (χ1n) is 8.09. The van der Waals surface area contributed by atoms with Gasteiger partial charge in [0.1, 0.15) is 0 Å². The number of carboxylic acid groups (broad SMARTS) is 3. The molecule has 0 spiro atoms. The highest BCUT2D eigenvalue weighted by atomic mass is 16.6. The average Bonchev–Trinajstić information content (AvgIpc) is 2.96. The van der Waals surface area contributed by atoms with Crippen LogP contribution < -0.4 is 9.47 Å². The topological polar surface area (TPSA) is 209 Å². The fourth-order valence-corrected chi connectivity index (χ4v) is 2.45. The molecule has 2 aromatic rings. The highest BCUT2D eigenvalue weighted by Gasteiger charge is 2.31. The van der Waals surface area contributed by atoms with Crippen LogP contribution in [0.25, 0.3) is 5.52 Å². The van der Waals surface area contributed by atoms with E-state index in [1.54, 1.807) is 0 Å². The average molecular weight is 424 g/mol. The maximum absolute atomic E-state index is 11.8. The number of aromatic nitrogens is 1. The summed E-state index contributed by atoms with van der Waals surface area (Å²) in [6, 6.07) is 2.27. The number of pyridine rings is 1. The van der Waals surface area contributed by atoms with Gasteiger partial charge in [-0.3, -0.25) is 14.0 Å². The van der Waals surface area contributed by atoms with Crippen LogP contribution in [0.2, 0.25) is 0 Å². The molecular weight excluding hydrogens is 410 g/mol. The minimum Gasteiger partial charge on any atom is -0.478 e. The summed E-state index contributed by atoms with van der Waals surface area (Å²) >= 11 is 0. The Balaban J connectivity index is 2.89. The number of fused-ring (bicyclic) bond motifs is 1. The number of nitrogens with zero attached hydrogens (tertiary/aromatic N) is 1. The van der Waals surface area contributed by atoms with Crippen molar-refractivity contribution in [3.63, 3.8) is 0 Å². The molecule has 30 heavy (non-hydrogen) atoms. The van der Waals surface area contributed by atoms with Gasteiger partial charge in [-0.05, 0) is 0 Å². The summed E-state index contributed by atoms with van der Waals surface area (Å²) in [7, 11) is 0. The maximum Gasteiger partial charge on any atom is 0.338 e. The van der Waals surface area contributed by atoms with Gasteiger partial charge < -0.3 is 35.0 Å². The molecule has 0 saturated heterocycles. The molecule has 2 aromatic heterocycles. The van der Waals surface area contributed by atoms with Crippen LogP contribution in [0.5, 0.6) is 11.6 Å². The number of rotatable bonds is 9. The lowest BCUT2D eigenvalue weighted by atomic mass is 10.0. The molecular formula is C17H14NO12. The predicted octanol–water partition coefficient (Wildman–Crippen LogP) is -0.590. The standard InChI is InChI=1S/C17H14NO12/c19-3-1-10(21)29-9-5-8-13(17(27)28)12(16(25)26)7(15(23)24)6-18(8)14(9)30-11(22)2-4-20/h6,19-20H,1-4H2,(H,23,24)(H,25,26)(H,27,28). The van der Waals surface area contributed by atoms with E-state index in [0.717, 1.165) is 0 Å². The second-order valence-corrected chi connectivity index (χ2v) is 5.58. The Kier molecular flexibility index (Phi) is 6.71. The molecule has 13 nitrogen and oxygen atoms in total. The number of esters is 2. The van der Waals surface area contributed by atoms with Gasteiger partial charge >= 0.3 is 29.8 Å². The maximum atomic E-state index is 11.8. The smallest absolute Gasteiger partial charge is 0.338 e. The van der Waals surface area contributed by atoms with Crippen LogP contribution in [0.1, 0.15) is 43.9 Å². The van der Waals surface area contributed by atoms with Gasteiger partial charge in [0.05, 0.1) is 54.3 Å². The monoisotopic (exact) mass is 424 g/mol. The Bertz CT molecular complexity index is 1050. The molecule has 0 unspecified atom stereocenters. The number of carbonyl (C=O) groups excluding carboxylic acids is 2. The van der Waals surface area contributed by atoms with Crippen molar-refractivity contribution in [3.05, 3.63) is 29.0 Å². The fourth-order valence-electron chi connectivity index (χ4n) is 2.45. The highest BCUT2D eigenvalue weighted by molar-refractivity contribution is 6.12. The predicted molar refractivity (Wildman–Crippen MR) is 91.8 cm³/mol. The van der Waals surface area contributed by atoms with Crippen molar-refractivity contribution in [1.82, 2.24) is 4.40 Å². The van der Waals surface area contributed by atoms with E-state index in [9.17, 15) is 39.3 Å². The molecule has 0 amide bonds. The zero-order valence-electron chi connectivity index (χ0n) is 14.9. The number of aliphatic hydroxyl groups is 2. The van der Waals surface area contributed by atoms with E-state index in [4.69, 9.17) is 19.7 Å². The Hall–Kier alpha value is -3.97. The lowest BCUT2D eigenvalue weighted by molar-refractivity contribution is -0.138. The zero-order chi connectivity index (χ0) is 22.6. The van der Waals surface area contributed by atoms with Crippen LogP contribution in [0, 0.1) is 6.07 Å². The minimum absolute atomic E-state index is 0.489. The molecule has 5 N–H and O–H groups in total. The van der Waals surface area contributed by atoms with Crippen LogP contribution in [-0.2, 0) is 9.59 Å². The molecule has 2 heterocycles. The van der Waals surface area contributed by atoms with E-state index in [1.807, 2.05) is 0 Å². The second-order valence-electron chi connectivity index (χ2n) is 5.58. The van der Waals surface area contributed by atoms with Crippen molar-refractivity contribution >= 4 is 35.4 Å². The molecule has 0 aliphatic heterocycles. The zero-order valence-corrected chi connectivity index (χ0v) is 14.9. The van der Waals surface area contributed by atoms with E-state index in [2.05, 4.69) is 6.07 Å². The van der Waals surface area contributed by atoms with Gasteiger partial charge in [-0.15, -0.1) is 0 Å². The van der Waals surface area contributed by atoms with E-state index in [0.29, 0.717) is 10.6 Å². The third kappa shape index (κ3) is 4.37. The summed E-state index contributed by atoms with van der Waals surface area (Å²) in [5.41, 5.74) is -3.60. The summed E-state index contributed by atoms with van der Waals surface area (Å²) in [6.45, 7) is -1.21. The Labute approximate surface area is 166 Å². The summed E-state index contributed by atoms with van der Waals surface area (Å²) in [4.78, 5) is 58.3. The van der Waals surface area contributed by atoms with Crippen molar-refractivity contribution in [2.45, 2.75) is 12.8 Å². The molecule has 2 rings (SSSR count). The Morgan fingerprint density at radius 3 is 1.83 bits per heavy atom. The second kappa shape index (κ2) is 9.02. The fraction of sp³-hybridized carbons (Fsp3) is 0.235. The van der Waals surface area contributed by atoms with Gasteiger partial charge in [-0.1, -0.05) is 0 Å². The van der Waals surface area contributed by atoms with E-state index < -0.39 is 89.7 Å². The van der Waals surface area contributed by atoms with E-state index in [-0.39, 0.29) is 0 Å².